The number of aromatic nitrogens is 2. The van der Waals surface area contributed by atoms with Gasteiger partial charge in [-0.3, -0.25) is 0 Å². The van der Waals surface area contributed by atoms with E-state index in [1.165, 1.54) is 0 Å². The van der Waals surface area contributed by atoms with Gasteiger partial charge in [-0.15, -0.1) is 0 Å². The van der Waals surface area contributed by atoms with Gasteiger partial charge in [-0.05, 0) is 18.6 Å². The van der Waals surface area contributed by atoms with Crippen molar-refractivity contribution in [2.45, 2.75) is 31.2 Å². The van der Waals surface area contributed by atoms with Gasteiger partial charge in [-0.1, -0.05) is 23.7 Å². The number of nitrogens with zero attached hydrogens (tertiary/aromatic N) is 2. The van der Waals surface area contributed by atoms with E-state index >= 15 is 0 Å². The molecule has 1 aliphatic rings. The lowest BCUT2D eigenvalue weighted by Gasteiger charge is -2.28. The molecule has 0 spiro atoms. The van der Waals surface area contributed by atoms with Crippen LogP contribution in [0, 0.1) is 0 Å². The standard InChI is InChI=1S/C17H21ClN2O3/c1-20-10-9-19-16(20)3-2-8-17(22-12-15(11-21)23-17)13-4-6-14(18)7-5-13/h4-7,9-10,15,21H,2-3,8,11-12H2,1H3/t15-,17-/m0/s1. The molecule has 0 bridgehead atoms. The van der Waals surface area contributed by atoms with E-state index in [9.17, 15) is 5.11 Å². The summed E-state index contributed by atoms with van der Waals surface area (Å²) in [6.07, 6.45) is 5.85. The van der Waals surface area contributed by atoms with Crippen LogP contribution >= 0.6 is 11.6 Å². The third-order valence-electron chi connectivity index (χ3n) is 4.17. The van der Waals surface area contributed by atoms with Crippen molar-refractivity contribution >= 4 is 11.6 Å². The third kappa shape index (κ3) is 3.58. The van der Waals surface area contributed by atoms with Crippen LogP contribution in [0.3, 0.4) is 0 Å². The number of benzene rings is 1. The molecule has 1 aromatic heterocycles. The number of aryl methyl sites for hydroxylation is 2. The Kier molecular flexibility index (Phi) is 5.02. The first-order valence-electron chi connectivity index (χ1n) is 7.78. The summed E-state index contributed by atoms with van der Waals surface area (Å²) in [4.78, 5) is 4.34. The molecule has 2 aromatic rings. The fourth-order valence-electron chi connectivity index (χ4n) is 2.90. The van der Waals surface area contributed by atoms with Gasteiger partial charge in [0.1, 0.15) is 11.9 Å². The van der Waals surface area contributed by atoms with Crippen molar-refractivity contribution < 1.29 is 14.6 Å². The highest BCUT2D eigenvalue weighted by atomic mass is 35.5. The molecule has 3 rings (SSSR count). The summed E-state index contributed by atoms with van der Waals surface area (Å²) in [6, 6.07) is 7.50. The predicted molar refractivity (Wildman–Crippen MR) is 87.2 cm³/mol. The lowest BCUT2D eigenvalue weighted by Crippen LogP contribution is -2.29. The van der Waals surface area contributed by atoms with E-state index in [4.69, 9.17) is 21.1 Å². The van der Waals surface area contributed by atoms with Crippen molar-refractivity contribution in [1.82, 2.24) is 9.55 Å². The number of aliphatic hydroxyl groups excluding tert-OH is 1. The summed E-state index contributed by atoms with van der Waals surface area (Å²) in [5.74, 6) is 0.219. The fourth-order valence-corrected chi connectivity index (χ4v) is 3.03. The topological polar surface area (TPSA) is 56.5 Å². The van der Waals surface area contributed by atoms with Gasteiger partial charge in [0.2, 0.25) is 0 Å². The molecule has 1 aliphatic heterocycles. The van der Waals surface area contributed by atoms with Crippen LogP contribution in [0.5, 0.6) is 0 Å². The van der Waals surface area contributed by atoms with E-state index in [0.29, 0.717) is 18.1 Å². The smallest absolute Gasteiger partial charge is 0.195 e. The first-order chi connectivity index (χ1) is 11.1. The lowest BCUT2D eigenvalue weighted by molar-refractivity contribution is -0.185. The van der Waals surface area contributed by atoms with Gasteiger partial charge in [0.15, 0.2) is 5.79 Å². The second-order valence-corrected chi connectivity index (χ2v) is 6.24. The largest absolute Gasteiger partial charge is 0.394 e. The lowest BCUT2D eigenvalue weighted by atomic mass is 9.99. The number of hydrogen-bond donors (Lipinski definition) is 1. The van der Waals surface area contributed by atoms with Crippen LogP contribution in [-0.4, -0.2) is 34.0 Å². The molecule has 0 radical (unpaired) electrons. The van der Waals surface area contributed by atoms with Crippen LogP contribution in [0.15, 0.2) is 36.7 Å². The first-order valence-corrected chi connectivity index (χ1v) is 8.15. The van der Waals surface area contributed by atoms with Crippen molar-refractivity contribution in [2.75, 3.05) is 13.2 Å². The third-order valence-corrected chi connectivity index (χ3v) is 4.43. The Morgan fingerprint density at radius 3 is 2.78 bits per heavy atom. The number of rotatable bonds is 6. The molecule has 5 nitrogen and oxygen atoms in total. The molecule has 6 heteroatoms. The summed E-state index contributed by atoms with van der Waals surface area (Å²) < 4.78 is 14.0. The van der Waals surface area contributed by atoms with Gasteiger partial charge in [-0.25, -0.2) is 4.98 Å². The maximum absolute atomic E-state index is 9.36. The Bertz CT molecular complexity index is 644. The van der Waals surface area contributed by atoms with Gasteiger partial charge < -0.3 is 19.1 Å². The molecule has 2 heterocycles. The zero-order chi connectivity index (χ0) is 16.3. The van der Waals surface area contributed by atoms with E-state index in [1.807, 2.05) is 42.1 Å². The van der Waals surface area contributed by atoms with Crippen molar-refractivity contribution in [3.8, 4) is 0 Å². The number of halogens is 1. The molecular weight excluding hydrogens is 316 g/mol. The first kappa shape index (κ1) is 16.5. The summed E-state index contributed by atoms with van der Waals surface area (Å²) in [7, 11) is 1.99. The highest BCUT2D eigenvalue weighted by Crippen LogP contribution is 2.39. The molecule has 0 unspecified atom stereocenters. The van der Waals surface area contributed by atoms with E-state index < -0.39 is 5.79 Å². The van der Waals surface area contributed by atoms with E-state index in [1.54, 1.807) is 6.20 Å². The summed E-state index contributed by atoms with van der Waals surface area (Å²) >= 11 is 5.98. The molecule has 1 saturated heterocycles. The van der Waals surface area contributed by atoms with E-state index in [-0.39, 0.29) is 12.7 Å². The summed E-state index contributed by atoms with van der Waals surface area (Å²) in [5, 5.41) is 10.0. The Hall–Kier alpha value is -1.40. The molecule has 0 saturated carbocycles. The number of imidazole rings is 1. The van der Waals surface area contributed by atoms with Crippen LogP contribution < -0.4 is 0 Å². The minimum Gasteiger partial charge on any atom is -0.394 e. The second-order valence-electron chi connectivity index (χ2n) is 5.80. The molecular formula is C17H21ClN2O3. The molecule has 1 N–H and O–H groups in total. The van der Waals surface area contributed by atoms with Crippen LogP contribution in [-0.2, 0) is 28.7 Å². The van der Waals surface area contributed by atoms with Crippen molar-refractivity contribution in [3.63, 3.8) is 0 Å². The molecule has 0 amide bonds. The quantitative estimate of drug-likeness (QED) is 0.881. The average molecular weight is 337 g/mol. The van der Waals surface area contributed by atoms with E-state index in [0.717, 1.165) is 24.2 Å². The Balaban J connectivity index is 1.73. The fraction of sp³-hybridized carbons (Fsp3) is 0.471. The molecule has 124 valence electrons. The number of ether oxygens (including phenoxy) is 2. The second kappa shape index (κ2) is 7.01. The van der Waals surface area contributed by atoms with Crippen LogP contribution in [0.1, 0.15) is 24.2 Å². The minimum absolute atomic E-state index is 0.0469. The Labute approximate surface area is 140 Å². The number of aliphatic hydroxyl groups is 1. The monoisotopic (exact) mass is 336 g/mol. The summed E-state index contributed by atoms with van der Waals surface area (Å²) in [5.41, 5.74) is 0.928. The van der Waals surface area contributed by atoms with Gasteiger partial charge in [-0.2, -0.15) is 0 Å². The SMILES string of the molecule is Cn1ccnc1CCC[C@]1(c2ccc(Cl)cc2)OC[C@H](CO)O1. The summed E-state index contributed by atoms with van der Waals surface area (Å²) in [6.45, 7) is 0.343. The predicted octanol–water partition coefficient (Wildman–Crippen LogP) is 2.66. The highest BCUT2D eigenvalue weighted by molar-refractivity contribution is 6.30. The maximum Gasteiger partial charge on any atom is 0.195 e. The van der Waals surface area contributed by atoms with Crippen molar-refractivity contribution in [1.29, 1.82) is 0 Å². The minimum atomic E-state index is -0.816. The van der Waals surface area contributed by atoms with Crippen LogP contribution in [0.2, 0.25) is 5.02 Å². The van der Waals surface area contributed by atoms with Crippen molar-refractivity contribution in [3.05, 3.63) is 53.1 Å². The highest BCUT2D eigenvalue weighted by Gasteiger charge is 2.42. The van der Waals surface area contributed by atoms with Crippen molar-refractivity contribution in [2.24, 2.45) is 7.05 Å². The molecule has 1 fully saturated rings. The molecule has 0 aliphatic carbocycles. The molecule has 23 heavy (non-hydrogen) atoms. The zero-order valence-electron chi connectivity index (χ0n) is 13.1. The zero-order valence-corrected chi connectivity index (χ0v) is 13.9. The van der Waals surface area contributed by atoms with Gasteiger partial charge in [0.25, 0.3) is 0 Å². The Morgan fingerprint density at radius 2 is 2.17 bits per heavy atom. The van der Waals surface area contributed by atoms with Crippen LogP contribution in [0.25, 0.3) is 0 Å². The van der Waals surface area contributed by atoms with Gasteiger partial charge in [0.05, 0.1) is 13.2 Å². The molecule has 2 atom stereocenters. The normalized spacial score (nSPS) is 24.2. The Morgan fingerprint density at radius 1 is 1.39 bits per heavy atom. The maximum atomic E-state index is 9.36. The van der Waals surface area contributed by atoms with E-state index in [2.05, 4.69) is 4.98 Å². The average Bonchev–Trinajstić information content (AvgIpc) is 3.16. The van der Waals surface area contributed by atoms with Crippen LogP contribution in [0.4, 0.5) is 0 Å². The number of hydrogen-bond acceptors (Lipinski definition) is 4. The molecule has 1 aromatic carbocycles. The van der Waals surface area contributed by atoms with Gasteiger partial charge in [0, 0.05) is 42.9 Å². The van der Waals surface area contributed by atoms with Gasteiger partial charge >= 0.3 is 0 Å².